The lowest BCUT2D eigenvalue weighted by Crippen LogP contribution is -2.07. The molecule has 0 radical (unpaired) electrons. The van der Waals surface area contributed by atoms with E-state index in [9.17, 15) is 4.79 Å². The number of hydrogen-bond donors (Lipinski definition) is 0. The number of benzene rings is 2. The van der Waals surface area contributed by atoms with Crippen molar-refractivity contribution in [1.82, 2.24) is 20.2 Å². The molecule has 0 fully saturated rings. The minimum absolute atomic E-state index is 0.00591. The molecule has 1 heterocycles. The summed E-state index contributed by atoms with van der Waals surface area (Å²) in [5.41, 5.74) is 3.65. The average molecular weight is 350 g/mol. The summed E-state index contributed by atoms with van der Waals surface area (Å²) in [6.45, 7) is 6.23. The average Bonchev–Trinajstić information content (AvgIpc) is 3.10. The Morgan fingerprint density at radius 1 is 1.15 bits per heavy atom. The van der Waals surface area contributed by atoms with Gasteiger partial charge < -0.3 is 4.74 Å². The summed E-state index contributed by atoms with van der Waals surface area (Å²) in [6.07, 6.45) is 0. The van der Waals surface area contributed by atoms with Crippen LogP contribution >= 0.6 is 0 Å². The van der Waals surface area contributed by atoms with Gasteiger partial charge >= 0.3 is 0 Å². The molecule has 6 heteroatoms. The molecular formula is C20H22N4O2. The highest BCUT2D eigenvalue weighted by Crippen LogP contribution is 2.22. The maximum absolute atomic E-state index is 11.6. The molecule has 0 N–H and O–H groups in total. The molecule has 6 nitrogen and oxygen atoms in total. The van der Waals surface area contributed by atoms with Crippen molar-refractivity contribution in [2.24, 2.45) is 0 Å². The highest BCUT2D eigenvalue weighted by molar-refractivity contribution is 5.94. The van der Waals surface area contributed by atoms with Crippen LogP contribution in [0.15, 0.2) is 42.5 Å². The number of methoxy groups -OCH3 is 1. The predicted molar refractivity (Wildman–Crippen MR) is 99.4 cm³/mol. The van der Waals surface area contributed by atoms with Gasteiger partial charge in [-0.2, -0.15) is 4.80 Å². The van der Waals surface area contributed by atoms with E-state index in [0.717, 1.165) is 11.1 Å². The van der Waals surface area contributed by atoms with Gasteiger partial charge in [-0.25, -0.2) is 0 Å². The number of ether oxygens (including phenoxy) is 1. The van der Waals surface area contributed by atoms with Gasteiger partial charge in [0.1, 0.15) is 5.75 Å². The van der Waals surface area contributed by atoms with Crippen LogP contribution in [0.25, 0.3) is 11.4 Å². The number of rotatable bonds is 6. The van der Waals surface area contributed by atoms with Crippen LogP contribution in [0.1, 0.15) is 48.2 Å². The zero-order valence-electron chi connectivity index (χ0n) is 15.4. The minimum atomic E-state index is 0.00591. The zero-order valence-corrected chi connectivity index (χ0v) is 15.4. The first-order valence-electron chi connectivity index (χ1n) is 8.54. The Balaban J connectivity index is 1.84. The van der Waals surface area contributed by atoms with Gasteiger partial charge in [0.25, 0.3) is 0 Å². The Kier molecular flexibility index (Phi) is 5.11. The first kappa shape index (κ1) is 17.8. The van der Waals surface area contributed by atoms with E-state index in [0.29, 0.717) is 29.6 Å². The summed E-state index contributed by atoms with van der Waals surface area (Å²) in [4.78, 5) is 13.1. The van der Waals surface area contributed by atoms with Crippen LogP contribution in [-0.2, 0) is 6.54 Å². The van der Waals surface area contributed by atoms with Crippen molar-refractivity contribution in [2.45, 2.75) is 33.2 Å². The number of ketones is 1. The molecule has 0 aliphatic rings. The summed E-state index contributed by atoms with van der Waals surface area (Å²) in [5, 5.41) is 12.7. The van der Waals surface area contributed by atoms with Crippen LogP contribution in [0.3, 0.4) is 0 Å². The fourth-order valence-electron chi connectivity index (χ4n) is 2.72. The molecule has 134 valence electrons. The molecule has 3 rings (SSSR count). The van der Waals surface area contributed by atoms with Gasteiger partial charge in [-0.05, 0) is 41.8 Å². The topological polar surface area (TPSA) is 69.9 Å². The fourth-order valence-corrected chi connectivity index (χ4v) is 2.72. The van der Waals surface area contributed by atoms with E-state index in [1.54, 1.807) is 19.2 Å². The largest absolute Gasteiger partial charge is 0.496 e. The summed E-state index contributed by atoms with van der Waals surface area (Å²) >= 11 is 0. The molecule has 0 unspecified atom stereocenters. The second-order valence-corrected chi connectivity index (χ2v) is 6.50. The number of tetrazole rings is 1. The fraction of sp³-hybridized carbons (Fsp3) is 0.300. The molecule has 3 aromatic rings. The molecule has 0 amide bonds. The third-order valence-electron chi connectivity index (χ3n) is 4.29. The summed E-state index contributed by atoms with van der Waals surface area (Å²) < 4.78 is 5.38. The van der Waals surface area contributed by atoms with Gasteiger partial charge in [0.2, 0.25) is 5.82 Å². The van der Waals surface area contributed by atoms with Gasteiger partial charge in [0.05, 0.1) is 13.7 Å². The van der Waals surface area contributed by atoms with E-state index in [2.05, 4.69) is 41.4 Å². The molecule has 0 bridgehead atoms. The van der Waals surface area contributed by atoms with Gasteiger partial charge in [0, 0.05) is 16.7 Å². The Labute approximate surface area is 152 Å². The third kappa shape index (κ3) is 3.79. The number of carbonyl (C=O) groups is 1. The summed E-state index contributed by atoms with van der Waals surface area (Å²) in [5.74, 6) is 1.75. The van der Waals surface area contributed by atoms with Crippen molar-refractivity contribution in [1.29, 1.82) is 0 Å². The molecule has 0 atom stereocenters. The second-order valence-electron chi connectivity index (χ2n) is 6.50. The van der Waals surface area contributed by atoms with Crippen LogP contribution < -0.4 is 4.74 Å². The summed E-state index contributed by atoms with van der Waals surface area (Å²) in [7, 11) is 1.60. The molecule has 0 saturated carbocycles. The van der Waals surface area contributed by atoms with Crippen LogP contribution in [0.2, 0.25) is 0 Å². The van der Waals surface area contributed by atoms with Gasteiger partial charge in [0.15, 0.2) is 5.78 Å². The molecular weight excluding hydrogens is 328 g/mol. The smallest absolute Gasteiger partial charge is 0.204 e. The predicted octanol–water partition coefficient (Wildman–Crippen LogP) is 3.72. The van der Waals surface area contributed by atoms with Gasteiger partial charge in [-0.1, -0.05) is 38.1 Å². The zero-order chi connectivity index (χ0) is 18.7. The Hall–Kier alpha value is -3.02. The molecule has 0 saturated heterocycles. The Bertz CT molecular complexity index is 914. The van der Waals surface area contributed by atoms with Crippen molar-refractivity contribution in [3.8, 4) is 17.1 Å². The van der Waals surface area contributed by atoms with Crippen molar-refractivity contribution in [2.75, 3.05) is 7.11 Å². The van der Waals surface area contributed by atoms with Crippen LogP contribution in [-0.4, -0.2) is 33.1 Å². The molecule has 0 aliphatic carbocycles. The lowest BCUT2D eigenvalue weighted by Gasteiger charge is -2.09. The maximum atomic E-state index is 11.6. The Morgan fingerprint density at radius 2 is 1.88 bits per heavy atom. The van der Waals surface area contributed by atoms with Crippen LogP contribution in [0, 0.1) is 0 Å². The lowest BCUT2D eigenvalue weighted by molar-refractivity contribution is 0.101. The molecule has 26 heavy (non-hydrogen) atoms. The van der Waals surface area contributed by atoms with E-state index in [-0.39, 0.29) is 5.78 Å². The van der Waals surface area contributed by atoms with Crippen molar-refractivity contribution >= 4 is 5.78 Å². The van der Waals surface area contributed by atoms with Crippen molar-refractivity contribution in [3.05, 3.63) is 59.2 Å². The van der Waals surface area contributed by atoms with Gasteiger partial charge in [-0.3, -0.25) is 4.79 Å². The Morgan fingerprint density at radius 3 is 2.50 bits per heavy atom. The molecule has 1 aromatic heterocycles. The number of nitrogens with zero attached hydrogens (tertiary/aromatic N) is 4. The van der Waals surface area contributed by atoms with E-state index in [1.165, 1.54) is 17.3 Å². The van der Waals surface area contributed by atoms with Crippen molar-refractivity contribution < 1.29 is 9.53 Å². The minimum Gasteiger partial charge on any atom is -0.496 e. The highest BCUT2D eigenvalue weighted by atomic mass is 16.5. The first-order chi connectivity index (χ1) is 12.5. The molecule has 0 aliphatic heterocycles. The van der Waals surface area contributed by atoms with Crippen LogP contribution in [0.5, 0.6) is 5.75 Å². The SMILES string of the molecule is COc1ccc(C(C)=O)cc1Cn1nnc(-c2ccc(C(C)C)cc2)n1. The summed E-state index contributed by atoms with van der Waals surface area (Å²) in [6, 6.07) is 13.5. The lowest BCUT2D eigenvalue weighted by atomic mass is 10.0. The number of Topliss-reactive ketones (excluding diaryl/α,β-unsaturated/α-hetero) is 1. The molecule has 0 spiro atoms. The van der Waals surface area contributed by atoms with Gasteiger partial charge in [-0.15, -0.1) is 10.2 Å². The van der Waals surface area contributed by atoms with E-state index < -0.39 is 0 Å². The number of aromatic nitrogens is 4. The highest BCUT2D eigenvalue weighted by Gasteiger charge is 2.11. The first-order valence-corrected chi connectivity index (χ1v) is 8.54. The molecule has 2 aromatic carbocycles. The maximum Gasteiger partial charge on any atom is 0.204 e. The number of hydrogen-bond acceptors (Lipinski definition) is 5. The monoisotopic (exact) mass is 350 g/mol. The van der Waals surface area contributed by atoms with E-state index in [4.69, 9.17) is 4.74 Å². The normalized spacial score (nSPS) is 11.0. The quantitative estimate of drug-likeness (QED) is 0.634. The van der Waals surface area contributed by atoms with E-state index in [1.807, 2.05) is 18.2 Å². The van der Waals surface area contributed by atoms with Crippen LogP contribution in [0.4, 0.5) is 0 Å². The van der Waals surface area contributed by atoms with E-state index >= 15 is 0 Å². The third-order valence-corrected chi connectivity index (χ3v) is 4.29. The number of carbonyl (C=O) groups excluding carboxylic acids is 1. The standard InChI is InChI=1S/C20H22N4O2/c1-13(2)15-5-7-16(8-6-15)20-21-23-24(22-20)12-18-11-17(14(3)25)9-10-19(18)26-4/h5-11,13H,12H2,1-4H3. The second kappa shape index (κ2) is 7.47. The van der Waals surface area contributed by atoms with Crippen molar-refractivity contribution in [3.63, 3.8) is 0 Å².